The van der Waals surface area contributed by atoms with Crippen LogP contribution in [0.1, 0.15) is 19.3 Å². The molecule has 0 aromatic carbocycles. The van der Waals surface area contributed by atoms with Gasteiger partial charge in [-0.2, -0.15) is 11.8 Å². The van der Waals surface area contributed by atoms with Crippen LogP contribution in [0.3, 0.4) is 0 Å². The van der Waals surface area contributed by atoms with E-state index in [1.807, 2.05) is 0 Å². The van der Waals surface area contributed by atoms with Crippen LogP contribution < -0.4 is 0 Å². The summed E-state index contributed by atoms with van der Waals surface area (Å²) in [6, 6.07) is 0. The first kappa shape index (κ1) is 6.99. The van der Waals surface area contributed by atoms with E-state index in [9.17, 15) is 0 Å². The molecule has 2 rings (SSSR count). The second kappa shape index (κ2) is 3.14. The molecule has 0 N–H and O–H groups in total. The summed E-state index contributed by atoms with van der Waals surface area (Å²) in [5, 5.41) is 0.850. The number of fused-ring (bicyclic) bond motifs is 1. The highest BCUT2D eigenvalue weighted by molar-refractivity contribution is 8.00. The Morgan fingerprint density at radius 1 is 1.30 bits per heavy atom. The van der Waals surface area contributed by atoms with Gasteiger partial charge >= 0.3 is 0 Å². The molecule has 2 atom stereocenters. The monoisotopic (exact) mass is 158 g/mol. The Hall–Kier alpha value is 0.310. The van der Waals surface area contributed by atoms with E-state index in [0.717, 1.165) is 24.4 Å². The lowest BCUT2D eigenvalue weighted by molar-refractivity contribution is 0.145. The number of ether oxygens (including phenoxy) is 1. The minimum atomic E-state index is 0.850. The van der Waals surface area contributed by atoms with Crippen molar-refractivity contribution in [1.29, 1.82) is 0 Å². The van der Waals surface area contributed by atoms with E-state index in [-0.39, 0.29) is 0 Å². The van der Waals surface area contributed by atoms with Gasteiger partial charge in [0.1, 0.15) is 0 Å². The summed E-state index contributed by atoms with van der Waals surface area (Å²) in [5.41, 5.74) is 0. The maximum atomic E-state index is 5.49. The normalized spacial score (nSPS) is 40.8. The summed E-state index contributed by atoms with van der Waals surface area (Å²) in [6.07, 6.45) is 4.15. The quantitative estimate of drug-likeness (QED) is 0.532. The van der Waals surface area contributed by atoms with Crippen LogP contribution in [-0.2, 0) is 4.74 Å². The van der Waals surface area contributed by atoms with Gasteiger partial charge in [-0.25, -0.2) is 0 Å². The molecule has 2 aliphatic heterocycles. The summed E-state index contributed by atoms with van der Waals surface area (Å²) < 4.78 is 5.49. The van der Waals surface area contributed by atoms with Crippen molar-refractivity contribution in [2.45, 2.75) is 24.5 Å². The minimum Gasteiger partial charge on any atom is -0.380 e. The van der Waals surface area contributed by atoms with Crippen LogP contribution in [0.4, 0.5) is 0 Å². The van der Waals surface area contributed by atoms with Crippen LogP contribution in [0.25, 0.3) is 0 Å². The summed E-state index contributed by atoms with van der Waals surface area (Å²) >= 11 is 2.11. The molecule has 0 amide bonds. The van der Waals surface area contributed by atoms with E-state index < -0.39 is 0 Å². The van der Waals surface area contributed by atoms with Gasteiger partial charge < -0.3 is 4.74 Å². The fourth-order valence-electron chi connectivity index (χ4n) is 1.85. The second-order valence-electron chi connectivity index (χ2n) is 3.18. The molecule has 2 fully saturated rings. The van der Waals surface area contributed by atoms with Crippen LogP contribution in [0.5, 0.6) is 0 Å². The molecule has 2 heterocycles. The molecule has 0 aromatic heterocycles. The smallest absolute Gasteiger partial charge is 0.0587 e. The molecule has 0 aliphatic carbocycles. The van der Waals surface area contributed by atoms with Crippen LogP contribution in [0, 0.1) is 5.92 Å². The van der Waals surface area contributed by atoms with Gasteiger partial charge in [0.25, 0.3) is 0 Å². The Kier molecular flexibility index (Phi) is 2.19. The van der Waals surface area contributed by atoms with Gasteiger partial charge in [-0.1, -0.05) is 0 Å². The molecule has 0 saturated carbocycles. The SMILES string of the molecule is C1COCC2SCCC2C1. The van der Waals surface area contributed by atoms with Crippen molar-refractivity contribution in [3.63, 3.8) is 0 Å². The molecule has 2 aliphatic rings. The Morgan fingerprint density at radius 3 is 3.30 bits per heavy atom. The summed E-state index contributed by atoms with van der Waals surface area (Å²) in [6.45, 7) is 2.03. The summed E-state index contributed by atoms with van der Waals surface area (Å²) in [4.78, 5) is 0. The van der Waals surface area contributed by atoms with E-state index in [0.29, 0.717) is 0 Å². The van der Waals surface area contributed by atoms with Crippen molar-refractivity contribution in [2.75, 3.05) is 19.0 Å². The fourth-order valence-corrected chi connectivity index (χ4v) is 3.33. The average molecular weight is 158 g/mol. The molecule has 0 aromatic rings. The van der Waals surface area contributed by atoms with Crippen LogP contribution in [-0.4, -0.2) is 24.2 Å². The zero-order chi connectivity index (χ0) is 6.81. The van der Waals surface area contributed by atoms with E-state index in [1.54, 1.807) is 0 Å². The predicted octanol–water partition coefficient (Wildman–Crippen LogP) is 1.92. The lowest BCUT2D eigenvalue weighted by Gasteiger charge is -2.12. The molecular formula is C8H14OS. The van der Waals surface area contributed by atoms with Gasteiger partial charge in [-0.05, 0) is 30.9 Å². The first-order valence-electron chi connectivity index (χ1n) is 4.16. The highest BCUT2D eigenvalue weighted by atomic mass is 32.2. The average Bonchev–Trinajstić information content (AvgIpc) is 2.28. The summed E-state index contributed by atoms with van der Waals surface area (Å²) in [7, 11) is 0. The molecule has 58 valence electrons. The van der Waals surface area contributed by atoms with Gasteiger partial charge in [0.2, 0.25) is 0 Å². The Labute approximate surface area is 66.5 Å². The minimum absolute atomic E-state index is 0.850. The van der Waals surface area contributed by atoms with Crippen LogP contribution in [0.15, 0.2) is 0 Å². The largest absolute Gasteiger partial charge is 0.380 e. The third-order valence-corrected chi connectivity index (χ3v) is 3.91. The maximum absolute atomic E-state index is 5.49. The highest BCUT2D eigenvalue weighted by Crippen LogP contribution is 2.36. The van der Waals surface area contributed by atoms with Crippen molar-refractivity contribution in [3.8, 4) is 0 Å². The number of hydrogen-bond acceptors (Lipinski definition) is 2. The van der Waals surface area contributed by atoms with Gasteiger partial charge in [0, 0.05) is 11.9 Å². The van der Waals surface area contributed by atoms with Crippen molar-refractivity contribution in [2.24, 2.45) is 5.92 Å². The molecule has 2 saturated heterocycles. The van der Waals surface area contributed by atoms with Gasteiger partial charge in [-0.3, -0.25) is 0 Å². The lowest BCUT2D eigenvalue weighted by Crippen LogP contribution is -2.14. The van der Waals surface area contributed by atoms with Crippen molar-refractivity contribution >= 4 is 11.8 Å². The van der Waals surface area contributed by atoms with E-state index in [2.05, 4.69) is 11.8 Å². The highest BCUT2D eigenvalue weighted by Gasteiger charge is 2.28. The second-order valence-corrected chi connectivity index (χ2v) is 4.52. The lowest BCUT2D eigenvalue weighted by atomic mass is 9.98. The Bertz CT molecular complexity index is 104. The third-order valence-electron chi connectivity index (χ3n) is 2.49. The topological polar surface area (TPSA) is 9.23 Å². The Morgan fingerprint density at radius 2 is 2.30 bits per heavy atom. The molecule has 2 heteroatoms. The third kappa shape index (κ3) is 1.32. The van der Waals surface area contributed by atoms with Crippen molar-refractivity contribution in [1.82, 2.24) is 0 Å². The fraction of sp³-hybridized carbons (Fsp3) is 1.00. The standard InChI is InChI=1S/C8H14OS/c1-2-7-3-5-10-8(7)6-9-4-1/h7-8H,1-6H2. The first-order valence-corrected chi connectivity index (χ1v) is 5.21. The molecule has 2 unspecified atom stereocenters. The van der Waals surface area contributed by atoms with E-state index in [1.165, 1.54) is 25.0 Å². The van der Waals surface area contributed by atoms with Crippen LogP contribution >= 0.6 is 11.8 Å². The number of hydrogen-bond donors (Lipinski definition) is 0. The maximum Gasteiger partial charge on any atom is 0.0587 e. The van der Waals surface area contributed by atoms with Gasteiger partial charge in [0.05, 0.1) is 6.61 Å². The number of rotatable bonds is 0. The molecule has 0 radical (unpaired) electrons. The molecule has 0 spiro atoms. The number of thioether (sulfide) groups is 1. The predicted molar refractivity (Wildman–Crippen MR) is 44.4 cm³/mol. The Balaban J connectivity index is 1.95. The van der Waals surface area contributed by atoms with Crippen molar-refractivity contribution in [3.05, 3.63) is 0 Å². The zero-order valence-corrected chi connectivity index (χ0v) is 7.03. The first-order chi connectivity index (χ1) is 4.97. The van der Waals surface area contributed by atoms with E-state index >= 15 is 0 Å². The zero-order valence-electron chi connectivity index (χ0n) is 6.21. The van der Waals surface area contributed by atoms with Crippen molar-refractivity contribution < 1.29 is 4.74 Å². The van der Waals surface area contributed by atoms with E-state index in [4.69, 9.17) is 4.74 Å². The van der Waals surface area contributed by atoms with Gasteiger partial charge in [-0.15, -0.1) is 0 Å². The van der Waals surface area contributed by atoms with Crippen LogP contribution in [0.2, 0.25) is 0 Å². The molecular weight excluding hydrogens is 144 g/mol. The molecule has 10 heavy (non-hydrogen) atoms. The summed E-state index contributed by atoms with van der Waals surface area (Å²) in [5.74, 6) is 2.37. The molecule has 1 nitrogen and oxygen atoms in total. The molecule has 0 bridgehead atoms. The van der Waals surface area contributed by atoms with Gasteiger partial charge in [0.15, 0.2) is 0 Å².